The summed E-state index contributed by atoms with van der Waals surface area (Å²) in [5, 5.41) is 2.96. The van der Waals surface area contributed by atoms with E-state index < -0.39 is 0 Å². The number of benzene rings is 1. The van der Waals surface area contributed by atoms with E-state index in [0.29, 0.717) is 12.5 Å². The van der Waals surface area contributed by atoms with Gasteiger partial charge in [-0.05, 0) is 51.6 Å². The van der Waals surface area contributed by atoms with Crippen LogP contribution in [0.2, 0.25) is 0 Å². The molecule has 1 N–H and O–H groups in total. The van der Waals surface area contributed by atoms with Gasteiger partial charge in [-0.25, -0.2) is 0 Å². The molecule has 1 aromatic rings. The van der Waals surface area contributed by atoms with Gasteiger partial charge in [0.1, 0.15) is 0 Å². The highest BCUT2D eigenvalue weighted by Crippen LogP contribution is 2.08. The SMILES string of the molecule is CC(C)N(C)CCCNC(=O)Cc1ccc(S)cc1. The number of hydrogen-bond acceptors (Lipinski definition) is 3. The summed E-state index contributed by atoms with van der Waals surface area (Å²) in [6.45, 7) is 6.08. The molecule has 106 valence electrons. The molecule has 0 heterocycles. The first kappa shape index (κ1) is 16.1. The molecule has 1 rings (SSSR count). The first-order valence-corrected chi connectivity index (χ1v) is 7.18. The van der Waals surface area contributed by atoms with Gasteiger partial charge >= 0.3 is 0 Å². The van der Waals surface area contributed by atoms with Crippen molar-refractivity contribution < 1.29 is 4.79 Å². The van der Waals surface area contributed by atoms with Gasteiger partial charge in [-0.1, -0.05) is 12.1 Å². The molecule has 0 aromatic heterocycles. The zero-order valence-corrected chi connectivity index (χ0v) is 12.9. The molecule has 0 fully saturated rings. The van der Waals surface area contributed by atoms with Gasteiger partial charge in [0.2, 0.25) is 5.91 Å². The van der Waals surface area contributed by atoms with Gasteiger partial charge in [0.25, 0.3) is 0 Å². The standard InChI is InChI=1S/C15H24N2OS/c1-12(2)17(3)10-4-9-16-15(18)11-13-5-7-14(19)8-6-13/h5-8,12,19H,4,9-11H2,1-3H3,(H,16,18). The minimum absolute atomic E-state index is 0.0825. The highest BCUT2D eigenvalue weighted by Gasteiger charge is 2.04. The lowest BCUT2D eigenvalue weighted by Crippen LogP contribution is -2.31. The maximum Gasteiger partial charge on any atom is 0.224 e. The highest BCUT2D eigenvalue weighted by atomic mass is 32.1. The predicted octanol–water partition coefficient (Wildman–Crippen LogP) is 2.36. The van der Waals surface area contributed by atoms with Gasteiger partial charge in [0.15, 0.2) is 0 Å². The summed E-state index contributed by atoms with van der Waals surface area (Å²) in [7, 11) is 2.10. The Hall–Kier alpha value is -1.00. The molecule has 0 atom stereocenters. The van der Waals surface area contributed by atoms with Crippen LogP contribution >= 0.6 is 12.6 Å². The second-order valence-corrected chi connectivity index (χ2v) is 5.64. The molecule has 1 amide bonds. The number of carbonyl (C=O) groups is 1. The van der Waals surface area contributed by atoms with Gasteiger partial charge in [-0.3, -0.25) is 4.79 Å². The van der Waals surface area contributed by atoms with E-state index in [0.717, 1.165) is 30.0 Å². The number of hydrogen-bond donors (Lipinski definition) is 2. The fourth-order valence-corrected chi connectivity index (χ4v) is 1.83. The monoisotopic (exact) mass is 280 g/mol. The maximum atomic E-state index is 11.7. The molecule has 0 saturated carbocycles. The molecule has 4 heteroatoms. The third-order valence-corrected chi connectivity index (χ3v) is 3.49. The van der Waals surface area contributed by atoms with Crippen molar-refractivity contribution in [1.82, 2.24) is 10.2 Å². The van der Waals surface area contributed by atoms with Crippen LogP contribution in [0.3, 0.4) is 0 Å². The summed E-state index contributed by atoms with van der Waals surface area (Å²) >= 11 is 4.22. The summed E-state index contributed by atoms with van der Waals surface area (Å²) in [6.07, 6.45) is 1.42. The predicted molar refractivity (Wildman–Crippen MR) is 82.8 cm³/mol. The van der Waals surface area contributed by atoms with Crippen molar-refractivity contribution in [3.63, 3.8) is 0 Å². The van der Waals surface area contributed by atoms with Gasteiger partial charge in [0, 0.05) is 17.5 Å². The van der Waals surface area contributed by atoms with Crippen molar-refractivity contribution in [2.45, 2.75) is 37.6 Å². The number of amides is 1. The van der Waals surface area contributed by atoms with E-state index in [1.165, 1.54) is 0 Å². The molecule has 0 saturated heterocycles. The maximum absolute atomic E-state index is 11.7. The molecule has 0 bridgehead atoms. The Morgan fingerprint density at radius 2 is 1.95 bits per heavy atom. The quantitative estimate of drug-likeness (QED) is 0.594. The zero-order valence-electron chi connectivity index (χ0n) is 12.0. The van der Waals surface area contributed by atoms with Crippen LogP contribution in [0.4, 0.5) is 0 Å². The molecule has 0 aliphatic rings. The van der Waals surface area contributed by atoms with Crippen molar-refractivity contribution in [3.8, 4) is 0 Å². The third kappa shape index (κ3) is 6.64. The van der Waals surface area contributed by atoms with Gasteiger partial charge in [-0.2, -0.15) is 0 Å². The Morgan fingerprint density at radius 1 is 1.32 bits per heavy atom. The van der Waals surface area contributed by atoms with Crippen LogP contribution in [-0.2, 0) is 11.2 Å². The molecular formula is C15H24N2OS. The highest BCUT2D eigenvalue weighted by molar-refractivity contribution is 7.80. The number of carbonyl (C=O) groups excluding carboxylic acids is 1. The lowest BCUT2D eigenvalue weighted by atomic mass is 10.1. The fourth-order valence-electron chi connectivity index (χ4n) is 1.68. The molecule has 0 spiro atoms. The Balaban J connectivity index is 2.20. The van der Waals surface area contributed by atoms with Crippen molar-refractivity contribution >= 4 is 18.5 Å². The minimum Gasteiger partial charge on any atom is -0.356 e. The van der Waals surface area contributed by atoms with Crippen molar-refractivity contribution in [2.24, 2.45) is 0 Å². The van der Waals surface area contributed by atoms with Crippen molar-refractivity contribution in [3.05, 3.63) is 29.8 Å². The Kier molecular flexibility index (Phi) is 6.95. The third-order valence-electron chi connectivity index (χ3n) is 3.19. The zero-order chi connectivity index (χ0) is 14.3. The van der Waals surface area contributed by atoms with Crippen LogP contribution in [-0.4, -0.2) is 37.0 Å². The second kappa shape index (κ2) is 8.23. The van der Waals surface area contributed by atoms with Crippen LogP contribution in [0.15, 0.2) is 29.2 Å². The van der Waals surface area contributed by atoms with E-state index in [-0.39, 0.29) is 5.91 Å². The molecule has 0 aliphatic carbocycles. The minimum atomic E-state index is 0.0825. The Morgan fingerprint density at radius 3 is 2.53 bits per heavy atom. The van der Waals surface area contributed by atoms with Crippen LogP contribution in [0.1, 0.15) is 25.8 Å². The number of nitrogens with one attached hydrogen (secondary N) is 1. The Bertz CT molecular complexity index is 390. The Labute approximate surface area is 121 Å². The van der Waals surface area contributed by atoms with Crippen LogP contribution < -0.4 is 5.32 Å². The normalized spacial score (nSPS) is 11.1. The van der Waals surface area contributed by atoms with Crippen molar-refractivity contribution in [2.75, 3.05) is 20.1 Å². The van der Waals surface area contributed by atoms with Crippen LogP contribution in [0, 0.1) is 0 Å². The van der Waals surface area contributed by atoms with E-state index in [4.69, 9.17) is 0 Å². The molecule has 0 unspecified atom stereocenters. The summed E-state index contributed by atoms with van der Waals surface area (Å²) < 4.78 is 0. The van der Waals surface area contributed by atoms with E-state index in [1.54, 1.807) is 0 Å². The van der Waals surface area contributed by atoms with E-state index in [9.17, 15) is 4.79 Å². The number of thiol groups is 1. The molecule has 1 aromatic carbocycles. The molecule has 3 nitrogen and oxygen atoms in total. The average Bonchev–Trinajstić information content (AvgIpc) is 2.37. The number of nitrogens with zero attached hydrogens (tertiary/aromatic N) is 1. The van der Waals surface area contributed by atoms with E-state index >= 15 is 0 Å². The molecule has 19 heavy (non-hydrogen) atoms. The molecule has 0 aliphatic heterocycles. The van der Waals surface area contributed by atoms with Crippen LogP contribution in [0.5, 0.6) is 0 Å². The van der Waals surface area contributed by atoms with Crippen LogP contribution in [0.25, 0.3) is 0 Å². The largest absolute Gasteiger partial charge is 0.356 e. The van der Waals surface area contributed by atoms with Gasteiger partial charge in [-0.15, -0.1) is 12.6 Å². The first-order valence-electron chi connectivity index (χ1n) is 6.74. The van der Waals surface area contributed by atoms with Gasteiger partial charge in [0.05, 0.1) is 6.42 Å². The van der Waals surface area contributed by atoms with Crippen molar-refractivity contribution in [1.29, 1.82) is 0 Å². The fraction of sp³-hybridized carbons (Fsp3) is 0.533. The molecular weight excluding hydrogens is 256 g/mol. The topological polar surface area (TPSA) is 32.3 Å². The van der Waals surface area contributed by atoms with E-state index in [2.05, 4.69) is 43.7 Å². The second-order valence-electron chi connectivity index (χ2n) is 5.12. The first-order chi connectivity index (χ1) is 8.99. The lowest BCUT2D eigenvalue weighted by Gasteiger charge is -2.20. The smallest absolute Gasteiger partial charge is 0.224 e. The summed E-state index contributed by atoms with van der Waals surface area (Å²) in [6, 6.07) is 8.24. The summed E-state index contributed by atoms with van der Waals surface area (Å²) in [4.78, 5) is 14.9. The van der Waals surface area contributed by atoms with Gasteiger partial charge < -0.3 is 10.2 Å². The number of rotatable bonds is 7. The summed E-state index contributed by atoms with van der Waals surface area (Å²) in [5.41, 5.74) is 1.02. The van der Waals surface area contributed by atoms with E-state index in [1.807, 2.05) is 24.3 Å². The average molecular weight is 280 g/mol. The lowest BCUT2D eigenvalue weighted by molar-refractivity contribution is -0.120. The summed E-state index contributed by atoms with van der Waals surface area (Å²) in [5.74, 6) is 0.0825. The molecule has 0 radical (unpaired) electrons.